The zero-order chi connectivity index (χ0) is 10.0. The third-order valence-corrected chi connectivity index (χ3v) is 2.32. The maximum atomic E-state index is 13.3. The van der Waals surface area contributed by atoms with Crippen LogP contribution in [-0.2, 0) is 0 Å². The molecule has 6 heteroatoms. The molecular formula is C8H10BrClF2N2. The molecule has 0 aliphatic carbocycles. The Kier molecular flexibility index (Phi) is 5.51. The summed E-state index contributed by atoms with van der Waals surface area (Å²) in [5.74, 6) is -1.35. The Morgan fingerprint density at radius 2 is 1.93 bits per heavy atom. The monoisotopic (exact) mass is 286 g/mol. The molecule has 1 aromatic carbocycles. The van der Waals surface area contributed by atoms with Gasteiger partial charge in [-0.15, -0.1) is 12.4 Å². The maximum absolute atomic E-state index is 13.3. The van der Waals surface area contributed by atoms with Crippen molar-refractivity contribution in [1.29, 1.82) is 0 Å². The van der Waals surface area contributed by atoms with E-state index in [2.05, 4.69) is 15.9 Å². The van der Waals surface area contributed by atoms with Crippen LogP contribution < -0.4 is 11.5 Å². The third-order valence-electron chi connectivity index (χ3n) is 1.70. The van der Waals surface area contributed by atoms with Gasteiger partial charge in [0.05, 0.1) is 4.47 Å². The molecule has 0 bridgehead atoms. The number of benzene rings is 1. The molecule has 0 radical (unpaired) electrons. The third kappa shape index (κ3) is 2.63. The summed E-state index contributed by atoms with van der Waals surface area (Å²) in [7, 11) is 0. The molecule has 0 aromatic heterocycles. The van der Waals surface area contributed by atoms with Gasteiger partial charge in [-0.1, -0.05) is 0 Å². The van der Waals surface area contributed by atoms with Crippen LogP contribution in [-0.4, -0.2) is 6.54 Å². The second-order valence-corrected chi connectivity index (χ2v) is 3.45. The topological polar surface area (TPSA) is 52.0 Å². The van der Waals surface area contributed by atoms with Crippen molar-refractivity contribution in [3.63, 3.8) is 0 Å². The van der Waals surface area contributed by atoms with Crippen LogP contribution >= 0.6 is 28.3 Å². The number of halogens is 4. The van der Waals surface area contributed by atoms with E-state index in [1.165, 1.54) is 6.07 Å². The summed E-state index contributed by atoms with van der Waals surface area (Å²) in [6.07, 6.45) is 0. The zero-order valence-corrected chi connectivity index (χ0v) is 9.54. The molecule has 0 spiro atoms. The summed E-state index contributed by atoms with van der Waals surface area (Å²) in [6.45, 7) is 0.00426. The van der Waals surface area contributed by atoms with Crippen molar-refractivity contribution in [1.82, 2.24) is 0 Å². The highest BCUT2D eigenvalue weighted by Crippen LogP contribution is 2.24. The fraction of sp³-hybridized carbons (Fsp3) is 0.250. The van der Waals surface area contributed by atoms with Gasteiger partial charge in [-0.3, -0.25) is 0 Å². The van der Waals surface area contributed by atoms with Gasteiger partial charge in [0, 0.05) is 18.2 Å². The Labute approximate surface area is 95.2 Å². The predicted molar refractivity (Wildman–Crippen MR) is 57.3 cm³/mol. The molecule has 1 rings (SSSR count). The Morgan fingerprint density at radius 1 is 1.36 bits per heavy atom. The van der Waals surface area contributed by atoms with Gasteiger partial charge in [0.2, 0.25) is 0 Å². The summed E-state index contributed by atoms with van der Waals surface area (Å²) >= 11 is 2.94. The fourth-order valence-electron chi connectivity index (χ4n) is 1.00. The first-order valence-corrected chi connectivity index (χ1v) is 4.46. The lowest BCUT2D eigenvalue weighted by atomic mass is 10.1. The second kappa shape index (κ2) is 5.60. The summed E-state index contributed by atoms with van der Waals surface area (Å²) < 4.78 is 26.5. The molecule has 0 saturated carbocycles. The minimum Gasteiger partial charge on any atom is -0.329 e. The van der Waals surface area contributed by atoms with Crippen LogP contribution in [0, 0.1) is 11.6 Å². The molecule has 14 heavy (non-hydrogen) atoms. The minimum atomic E-state index is -0.808. The quantitative estimate of drug-likeness (QED) is 0.819. The van der Waals surface area contributed by atoms with Crippen molar-refractivity contribution < 1.29 is 8.78 Å². The first-order chi connectivity index (χ1) is 6.07. The fourth-order valence-corrected chi connectivity index (χ4v) is 1.35. The highest BCUT2D eigenvalue weighted by atomic mass is 79.9. The van der Waals surface area contributed by atoms with Crippen LogP contribution in [0.3, 0.4) is 0 Å². The van der Waals surface area contributed by atoms with E-state index < -0.39 is 17.7 Å². The number of nitrogens with two attached hydrogens (primary N) is 2. The largest absolute Gasteiger partial charge is 0.329 e. The van der Waals surface area contributed by atoms with Gasteiger partial charge in [-0.2, -0.15) is 0 Å². The van der Waals surface area contributed by atoms with Gasteiger partial charge in [0.1, 0.15) is 11.6 Å². The summed E-state index contributed by atoms with van der Waals surface area (Å²) in [6, 6.07) is 1.63. The van der Waals surface area contributed by atoms with E-state index in [1.54, 1.807) is 0 Å². The smallest absolute Gasteiger partial charge is 0.145 e. The Bertz CT molecular complexity index is 322. The van der Waals surface area contributed by atoms with Gasteiger partial charge in [-0.05, 0) is 28.1 Å². The lowest BCUT2D eigenvalue weighted by Crippen LogP contribution is -2.23. The Morgan fingerprint density at radius 3 is 2.43 bits per heavy atom. The van der Waals surface area contributed by atoms with Crippen molar-refractivity contribution in [2.45, 2.75) is 6.04 Å². The van der Waals surface area contributed by atoms with Crippen molar-refractivity contribution in [2.75, 3.05) is 6.54 Å². The molecule has 1 aromatic rings. The van der Waals surface area contributed by atoms with E-state index in [-0.39, 0.29) is 29.0 Å². The molecule has 0 aliphatic rings. The normalized spacial score (nSPS) is 12.1. The second-order valence-electron chi connectivity index (χ2n) is 2.60. The molecule has 0 unspecified atom stereocenters. The van der Waals surface area contributed by atoms with Crippen LogP contribution in [0.5, 0.6) is 0 Å². The van der Waals surface area contributed by atoms with Crippen molar-refractivity contribution in [3.05, 3.63) is 33.8 Å². The molecule has 80 valence electrons. The van der Waals surface area contributed by atoms with Crippen LogP contribution in [0.25, 0.3) is 0 Å². The van der Waals surface area contributed by atoms with E-state index in [1.807, 2.05) is 0 Å². The minimum absolute atomic E-state index is 0. The van der Waals surface area contributed by atoms with E-state index >= 15 is 0 Å². The molecular weight excluding hydrogens is 277 g/mol. The summed E-state index contributed by atoms with van der Waals surface area (Å²) in [5, 5.41) is 0. The molecule has 1 atom stereocenters. The number of rotatable bonds is 2. The summed E-state index contributed by atoms with van der Waals surface area (Å²) in [4.78, 5) is 0. The lowest BCUT2D eigenvalue weighted by Gasteiger charge is -2.11. The Hall–Kier alpha value is -0.230. The molecule has 0 amide bonds. The van der Waals surface area contributed by atoms with Crippen LogP contribution in [0.4, 0.5) is 8.78 Å². The van der Waals surface area contributed by atoms with Gasteiger partial charge in [0.25, 0.3) is 0 Å². The summed E-state index contributed by atoms with van der Waals surface area (Å²) in [5.41, 5.74) is 10.5. The number of hydrogen-bond donors (Lipinski definition) is 2. The maximum Gasteiger partial charge on any atom is 0.145 e. The predicted octanol–water partition coefficient (Wildman–Crippen LogP) is 2.11. The number of hydrogen-bond acceptors (Lipinski definition) is 2. The molecule has 2 nitrogen and oxygen atoms in total. The van der Waals surface area contributed by atoms with Crippen molar-refractivity contribution >= 4 is 28.3 Å². The standard InChI is InChI=1S/C8H9BrF2N2.ClH/c9-4-1-2-5(10)7(8(4)11)6(13)3-12;/h1-2,6H,3,12-13H2;1H/t6-;/m0./s1. The first kappa shape index (κ1) is 13.8. The highest BCUT2D eigenvalue weighted by Gasteiger charge is 2.17. The van der Waals surface area contributed by atoms with E-state index in [0.717, 1.165) is 6.07 Å². The first-order valence-electron chi connectivity index (χ1n) is 3.67. The molecule has 4 N–H and O–H groups in total. The van der Waals surface area contributed by atoms with Gasteiger partial charge in [0.15, 0.2) is 0 Å². The van der Waals surface area contributed by atoms with E-state index in [9.17, 15) is 8.78 Å². The zero-order valence-electron chi connectivity index (χ0n) is 7.14. The average molecular weight is 288 g/mol. The van der Waals surface area contributed by atoms with E-state index in [4.69, 9.17) is 11.5 Å². The molecule has 0 fully saturated rings. The van der Waals surface area contributed by atoms with Crippen LogP contribution in [0.15, 0.2) is 16.6 Å². The van der Waals surface area contributed by atoms with Gasteiger partial charge < -0.3 is 11.5 Å². The molecule has 0 heterocycles. The van der Waals surface area contributed by atoms with Gasteiger partial charge >= 0.3 is 0 Å². The highest BCUT2D eigenvalue weighted by molar-refractivity contribution is 9.10. The van der Waals surface area contributed by atoms with Crippen molar-refractivity contribution in [2.24, 2.45) is 11.5 Å². The van der Waals surface area contributed by atoms with Gasteiger partial charge in [-0.25, -0.2) is 8.78 Å². The Balaban J connectivity index is 0.00000169. The van der Waals surface area contributed by atoms with Crippen LogP contribution in [0.2, 0.25) is 0 Å². The molecule has 0 aliphatic heterocycles. The van der Waals surface area contributed by atoms with Crippen LogP contribution in [0.1, 0.15) is 11.6 Å². The van der Waals surface area contributed by atoms with E-state index in [0.29, 0.717) is 0 Å². The SMILES string of the molecule is Cl.NC[C@H](N)c1c(F)ccc(Br)c1F. The lowest BCUT2D eigenvalue weighted by molar-refractivity contribution is 0.524. The molecule has 0 saturated heterocycles. The average Bonchev–Trinajstić information content (AvgIpc) is 2.12. The van der Waals surface area contributed by atoms with Crippen molar-refractivity contribution in [3.8, 4) is 0 Å².